The first kappa shape index (κ1) is 21.0. The second-order valence-electron chi connectivity index (χ2n) is 5.52. The van der Waals surface area contributed by atoms with Crippen LogP contribution in [0.5, 0.6) is 5.75 Å². The maximum atomic E-state index is 12.2. The quantitative estimate of drug-likeness (QED) is 0.651. The zero-order valence-electron chi connectivity index (χ0n) is 14.5. The summed E-state index contributed by atoms with van der Waals surface area (Å²) in [5.74, 6) is -1.09. The van der Waals surface area contributed by atoms with Gasteiger partial charge in [0.2, 0.25) is 0 Å². The lowest BCUT2D eigenvalue weighted by atomic mass is 10.0. The van der Waals surface area contributed by atoms with Crippen molar-refractivity contribution in [2.75, 3.05) is 13.2 Å². The van der Waals surface area contributed by atoms with Crippen molar-refractivity contribution in [3.05, 3.63) is 64.1 Å². The third-order valence-corrected chi connectivity index (χ3v) is 4.10. The smallest absolute Gasteiger partial charge is 0.331 e. The van der Waals surface area contributed by atoms with Crippen LogP contribution in [-0.2, 0) is 14.3 Å². The molecule has 0 saturated heterocycles. The molecule has 144 valence electrons. The lowest BCUT2D eigenvalue weighted by molar-refractivity contribution is -0.151. The van der Waals surface area contributed by atoms with E-state index in [9.17, 15) is 14.7 Å². The molecule has 27 heavy (non-hydrogen) atoms. The van der Waals surface area contributed by atoms with Crippen molar-refractivity contribution >= 4 is 35.1 Å². The van der Waals surface area contributed by atoms with E-state index in [-0.39, 0.29) is 17.4 Å². The van der Waals surface area contributed by atoms with Gasteiger partial charge in [-0.05, 0) is 30.7 Å². The maximum absolute atomic E-state index is 12.2. The molecule has 2 atom stereocenters. The molecule has 2 rings (SSSR count). The fourth-order valence-corrected chi connectivity index (χ4v) is 2.76. The normalized spacial score (nSPS) is 12.7. The molecule has 8 heteroatoms. The molecule has 0 bridgehead atoms. The van der Waals surface area contributed by atoms with E-state index in [1.54, 1.807) is 43.3 Å². The van der Waals surface area contributed by atoms with Gasteiger partial charge in [0.05, 0.1) is 11.6 Å². The Morgan fingerprint density at radius 2 is 1.85 bits per heavy atom. The molecule has 1 amide bonds. The molecule has 0 fully saturated rings. The van der Waals surface area contributed by atoms with Crippen molar-refractivity contribution in [2.24, 2.45) is 0 Å². The molecule has 0 heterocycles. The molecule has 0 spiro atoms. The highest BCUT2D eigenvalue weighted by molar-refractivity contribution is 6.35. The Morgan fingerprint density at radius 1 is 1.15 bits per heavy atom. The van der Waals surface area contributed by atoms with Gasteiger partial charge in [-0.3, -0.25) is 4.79 Å². The Balaban J connectivity index is 2.05. The van der Waals surface area contributed by atoms with E-state index in [0.29, 0.717) is 10.6 Å². The third kappa shape index (κ3) is 6.13. The van der Waals surface area contributed by atoms with Crippen LogP contribution in [-0.4, -0.2) is 36.2 Å². The van der Waals surface area contributed by atoms with Gasteiger partial charge < -0.3 is 19.9 Å². The number of halogens is 2. The first-order valence-electron chi connectivity index (χ1n) is 8.19. The molecule has 2 aromatic rings. The number of hydrogen-bond acceptors (Lipinski definition) is 5. The van der Waals surface area contributed by atoms with Gasteiger partial charge in [-0.15, -0.1) is 0 Å². The molecular weight excluding hydrogens is 393 g/mol. The van der Waals surface area contributed by atoms with Crippen LogP contribution in [0.15, 0.2) is 48.5 Å². The minimum Gasteiger partial charge on any atom is -0.482 e. The van der Waals surface area contributed by atoms with Crippen molar-refractivity contribution in [1.82, 2.24) is 5.32 Å². The molecule has 2 N–H and O–H groups in total. The predicted octanol–water partition coefficient (Wildman–Crippen LogP) is 3.15. The highest BCUT2D eigenvalue weighted by atomic mass is 35.5. The summed E-state index contributed by atoms with van der Waals surface area (Å²) in [5, 5.41) is 13.6. The van der Waals surface area contributed by atoms with Crippen LogP contribution in [0.2, 0.25) is 10.0 Å². The van der Waals surface area contributed by atoms with Crippen molar-refractivity contribution in [3.8, 4) is 5.75 Å². The first-order chi connectivity index (χ1) is 12.9. The van der Waals surface area contributed by atoms with E-state index in [2.05, 4.69) is 5.32 Å². The van der Waals surface area contributed by atoms with E-state index < -0.39 is 30.6 Å². The van der Waals surface area contributed by atoms with Gasteiger partial charge in [0, 0.05) is 5.02 Å². The average Bonchev–Trinajstić information content (AvgIpc) is 2.65. The van der Waals surface area contributed by atoms with E-state index in [1.807, 2.05) is 0 Å². The Morgan fingerprint density at radius 3 is 2.48 bits per heavy atom. The number of amides is 1. The van der Waals surface area contributed by atoms with Crippen LogP contribution >= 0.6 is 23.2 Å². The van der Waals surface area contributed by atoms with Crippen molar-refractivity contribution < 1.29 is 24.2 Å². The Kier molecular flexibility index (Phi) is 7.91. The molecule has 2 aromatic carbocycles. The molecule has 0 aromatic heterocycles. The summed E-state index contributed by atoms with van der Waals surface area (Å²) in [7, 11) is 0. The van der Waals surface area contributed by atoms with Crippen molar-refractivity contribution in [1.29, 1.82) is 0 Å². The summed E-state index contributed by atoms with van der Waals surface area (Å²) in [4.78, 5) is 24.4. The van der Waals surface area contributed by atoms with Gasteiger partial charge >= 0.3 is 5.97 Å². The van der Waals surface area contributed by atoms with Crippen LogP contribution in [0.4, 0.5) is 0 Å². The van der Waals surface area contributed by atoms with E-state index in [0.717, 1.165) is 0 Å². The monoisotopic (exact) mass is 411 g/mol. The molecular formula is C19H19Cl2NO5. The highest BCUT2D eigenvalue weighted by Gasteiger charge is 2.31. The summed E-state index contributed by atoms with van der Waals surface area (Å²) in [6.45, 7) is 1.35. The van der Waals surface area contributed by atoms with Gasteiger partial charge in [-0.25, -0.2) is 4.79 Å². The van der Waals surface area contributed by atoms with Gasteiger partial charge in [-0.2, -0.15) is 0 Å². The number of rotatable bonds is 8. The van der Waals surface area contributed by atoms with Gasteiger partial charge in [0.1, 0.15) is 11.9 Å². The molecule has 0 saturated carbocycles. The van der Waals surface area contributed by atoms with Crippen LogP contribution < -0.4 is 10.1 Å². The Hall–Kier alpha value is -2.28. The summed E-state index contributed by atoms with van der Waals surface area (Å²) >= 11 is 11.8. The molecule has 0 aliphatic heterocycles. The zero-order chi connectivity index (χ0) is 19.8. The molecule has 0 aliphatic rings. The van der Waals surface area contributed by atoms with Crippen LogP contribution in [0.1, 0.15) is 18.6 Å². The number of aliphatic hydroxyl groups is 1. The number of hydrogen-bond donors (Lipinski definition) is 2. The summed E-state index contributed by atoms with van der Waals surface area (Å²) in [6.07, 6.45) is -1.27. The minimum atomic E-state index is -1.27. The lowest BCUT2D eigenvalue weighted by Crippen LogP contribution is -2.47. The minimum absolute atomic E-state index is 0.115. The Labute approximate surface area is 167 Å². The van der Waals surface area contributed by atoms with Gasteiger partial charge in [0.25, 0.3) is 5.91 Å². The zero-order valence-corrected chi connectivity index (χ0v) is 16.0. The average molecular weight is 412 g/mol. The number of carbonyl (C=O) groups is 2. The Bertz CT molecular complexity index is 785. The molecule has 0 radical (unpaired) electrons. The predicted molar refractivity (Wildman–Crippen MR) is 102 cm³/mol. The van der Waals surface area contributed by atoms with E-state index >= 15 is 0 Å². The highest BCUT2D eigenvalue weighted by Crippen LogP contribution is 2.27. The summed E-state index contributed by atoms with van der Waals surface area (Å²) < 4.78 is 10.3. The lowest BCUT2D eigenvalue weighted by Gasteiger charge is -2.23. The molecule has 2 unspecified atom stereocenters. The number of carbonyl (C=O) groups excluding carboxylic acids is 2. The van der Waals surface area contributed by atoms with Crippen LogP contribution in [0, 0.1) is 0 Å². The number of nitrogens with one attached hydrogen (secondary N) is 1. The van der Waals surface area contributed by atoms with E-state index in [4.69, 9.17) is 32.7 Å². The fraction of sp³-hybridized carbons (Fsp3) is 0.263. The summed E-state index contributed by atoms with van der Waals surface area (Å²) in [5.41, 5.74) is 0.470. The van der Waals surface area contributed by atoms with Gasteiger partial charge in [0.15, 0.2) is 12.6 Å². The molecule has 0 aliphatic carbocycles. The van der Waals surface area contributed by atoms with Crippen molar-refractivity contribution in [2.45, 2.75) is 19.1 Å². The maximum Gasteiger partial charge on any atom is 0.331 e. The number of esters is 1. The number of benzene rings is 2. The molecule has 6 nitrogen and oxygen atoms in total. The second-order valence-corrected chi connectivity index (χ2v) is 6.36. The van der Waals surface area contributed by atoms with Crippen LogP contribution in [0.25, 0.3) is 0 Å². The largest absolute Gasteiger partial charge is 0.482 e. The fourth-order valence-electron chi connectivity index (χ4n) is 2.29. The van der Waals surface area contributed by atoms with Crippen molar-refractivity contribution in [3.63, 3.8) is 0 Å². The number of ether oxygens (including phenoxy) is 2. The first-order valence-corrected chi connectivity index (χ1v) is 8.94. The second kappa shape index (κ2) is 10.2. The van der Waals surface area contributed by atoms with E-state index in [1.165, 1.54) is 12.1 Å². The third-order valence-electron chi connectivity index (χ3n) is 3.57. The summed E-state index contributed by atoms with van der Waals surface area (Å²) in [6, 6.07) is 11.8. The number of aliphatic hydroxyl groups excluding tert-OH is 1. The standard InChI is InChI=1S/C19H19Cl2NO5/c1-2-26-19(25)17(18(24)12-6-4-3-5-7-12)22-16(23)11-27-15-9-8-13(20)10-14(15)21/h3-10,17-18,24H,2,11H2,1H3,(H,22,23). The SMILES string of the molecule is CCOC(=O)C(NC(=O)COc1ccc(Cl)cc1Cl)C(O)c1ccccc1. The van der Waals surface area contributed by atoms with Gasteiger partial charge in [-0.1, -0.05) is 53.5 Å². The topological polar surface area (TPSA) is 84.9 Å². The van der Waals surface area contributed by atoms with Crippen LogP contribution in [0.3, 0.4) is 0 Å².